The first kappa shape index (κ1) is 16.2. The largest absolute Gasteiger partial charge is 0.343 e. The highest BCUT2D eigenvalue weighted by atomic mass is 16.2. The molecule has 0 aliphatic carbocycles. The molecule has 0 saturated heterocycles. The average Bonchev–Trinajstić information content (AvgIpc) is 2.85. The highest BCUT2D eigenvalue weighted by Crippen LogP contribution is 2.09. The van der Waals surface area contributed by atoms with Crippen molar-refractivity contribution in [2.45, 2.75) is 32.9 Å². The predicted octanol–water partition coefficient (Wildman–Crippen LogP) is -0.207. The minimum atomic E-state index is -0.823. The van der Waals surface area contributed by atoms with E-state index in [9.17, 15) is 9.59 Å². The lowest BCUT2D eigenvalue weighted by atomic mass is 10.1. The molecule has 2 atom stereocenters. The van der Waals surface area contributed by atoms with Crippen LogP contribution in [0.2, 0.25) is 0 Å². The van der Waals surface area contributed by atoms with Gasteiger partial charge in [0, 0.05) is 31.9 Å². The molecule has 2 amide bonds. The molecule has 7 heteroatoms. The zero-order valence-electron chi connectivity index (χ0n) is 12.5. The third kappa shape index (κ3) is 3.80. The topological polar surface area (TPSA) is 93.2 Å². The van der Waals surface area contributed by atoms with Crippen LogP contribution in [0.3, 0.4) is 0 Å². The number of nitrogens with one attached hydrogen (secondary N) is 1. The molecule has 0 fully saturated rings. The molecule has 0 radical (unpaired) electrons. The fourth-order valence-electron chi connectivity index (χ4n) is 1.93. The predicted molar refractivity (Wildman–Crippen MR) is 75.7 cm³/mol. The second-order valence-corrected chi connectivity index (χ2v) is 4.67. The zero-order valence-corrected chi connectivity index (χ0v) is 12.5. The molecular formula is C13H23N5O2. The number of nitrogens with zero attached hydrogens (tertiary/aromatic N) is 3. The van der Waals surface area contributed by atoms with Gasteiger partial charge in [0.25, 0.3) is 0 Å². The van der Waals surface area contributed by atoms with Gasteiger partial charge in [-0.05, 0) is 20.8 Å². The summed E-state index contributed by atoms with van der Waals surface area (Å²) in [6.45, 7) is 6.69. The molecule has 1 heterocycles. The average molecular weight is 281 g/mol. The molecule has 0 bridgehead atoms. The fraction of sp³-hybridized carbons (Fsp3) is 0.615. The van der Waals surface area contributed by atoms with Gasteiger partial charge >= 0.3 is 0 Å². The van der Waals surface area contributed by atoms with E-state index in [0.717, 1.165) is 0 Å². The molecule has 3 N–H and O–H groups in total. The molecular weight excluding hydrogens is 258 g/mol. The van der Waals surface area contributed by atoms with E-state index in [1.54, 1.807) is 35.9 Å². The van der Waals surface area contributed by atoms with Crippen molar-refractivity contribution in [3.63, 3.8) is 0 Å². The number of hydrogen-bond donors (Lipinski definition) is 2. The maximum atomic E-state index is 12.1. The molecule has 112 valence electrons. The van der Waals surface area contributed by atoms with Gasteiger partial charge in [0.15, 0.2) is 0 Å². The second kappa shape index (κ2) is 7.04. The fourth-order valence-corrected chi connectivity index (χ4v) is 1.93. The van der Waals surface area contributed by atoms with E-state index in [4.69, 9.17) is 5.73 Å². The first-order valence-electron chi connectivity index (χ1n) is 6.73. The Kier molecular flexibility index (Phi) is 5.69. The monoisotopic (exact) mass is 281 g/mol. The minimum Gasteiger partial charge on any atom is -0.343 e. The molecule has 7 nitrogen and oxygen atoms in total. The summed E-state index contributed by atoms with van der Waals surface area (Å²) >= 11 is 0. The molecule has 1 aromatic heterocycles. The van der Waals surface area contributed by atoms with E-state index in [1.165, 1.54) is 0 Å². The van der Waals surface area contributed by atoms with Gasteiger partial charge in [-0.3, -0.25) is 14.3 Å². The van der Waals surface area contributed by atoms with E-state index >= 15 is 0 Å². The Bertz CT molecular complexity index is 467. The lowest BCUT2D eigenvalue weighted by Crippen LogP contribution is -2.49. The van der Waals surface area contributed by atoms with Crippen LogP contribution in [-0.4, -0.2) is 45.6 Å². The number of amides is 2. The number of aromatic nitrogens is 2. The summed E-state index contributed by atoms with van der Waals surface area (Å²) in [5, 5.41) is 6.61. The van der Waals surface area contributed by atoms with Crippen LogP contribution in [0.15, 0.2) is 12.4 Å². The molecule has 0 aliphatic rings. The van der Waals surface area contributed by atoms with Gasteiger partial charge in [0.1, 0.15) is 12.1 Å². The van der Waals surface area contributed by atoms with Crippen molar-refractivity contribution >= 4 is 11.8 Å². The third-order valence-corrected chi connectivity index (χ3v) is 3.17. The summed E-state index contributed by atoms with van der Waals surface area (Å²) < 4.78 is 1.58. The Morgan fingerprint density at radius 3 is 2.50 bits per heavy atom. The molecule has 0 saturated carbocycles. The van der Waals surface area contributed by atoms with Crippen LogP contribution in [0.1, 0.15) is 32.4 Å². The van der Waals surface area contributed by atoms with E-state index in [1.807, 2.05) is 13.8 Å². The molecule has 0 aliphatic heterocycles. The second-order valence-electron chi connectivity index (χ2n) is 4.67. The van der Waals surface area contributed by atoms with E-state index in [-0.39, 0.29) is 11.8 Å². The van der Waals surface area contributed by atoms with Gasteiger partial charge < -0.3 is 16.0 Å². The number of likely N-dealkylation sites (N-methyl/N-ethyl adjacent to an activating group) is 1. The smallest absolute Gasteiger partial charge is 0.244 e. The SMILES string of the molecule is CCN(CC)C(=O)C(C)NC(=O)C(N)c1cnn(C)c1. The van der Waals surface area contributed by atoms with Crippen LogP contribution in [-0.2, 0) is 16.6 Å². The van der Waals surface area contributed by atoms with Gasteiger partial charge in [-0.1, -0.05) is 0 Å². The van der Waals surface area contributed by atoms with Crippen LogP contribution in [0.25, 0.3) is 0 Å². The van der Waals surface area contributed by atoms with Crippen molar-refractivity contribution in [3.8, 4) is 0 Å². The molecule has 0 spiro atoms. The Balaban J connectivity index is 2.63. The number of aryl methyl sites for hydroxylation is 1. The molecule has 20 heavy (non-hydrogen) atoms. The number of carbonyl (C=O) groups excluding carboxylic acids is 2. The maximum absolute atomic E-state index is 12.1. The quantitative estimate of drug-likeness (QED) is 0.754. The van der Waals surface area contributed by atoms with Gasteiger partial charge in [0.2, 0.25) is 11.8 Å². The van der Waals surface area contributed by atoms with Crippen LogP contribution < -0.4 is 11.1 Å². The standard InChI is InChI=1S/C13H23N5O2/c1-5-18(6-2)13(20)9(3)16-12(19)11(14)10-7-15-17(4)8-10/h7-9,11H,5-6,14H2,1-4H3,(H,16,19). The summed E-state index contributed by atoms with van der Waals surface area (Å²) in [6, 6.07) is -1.42. The first-order valence-corrected chi connectivity index (χ1v) is 6.73. The Labute approximate surface area is 119 Å². The van der Waals surface area contributed by atoms with E-state index in [2.05, 4.69) is 10.4 Å². The summed E-state index contributed by atoms with van der Waals surface area (Å²) in [4.78, 5) is 25.7. The number of rotatable bonds is 6. The third-order valence-electron chi connectivity index (χ3n) is 3.17. The summed E-state index contributed by atoms with van der Waals surface area (Å²) in [7, 11) is 1.75. The van der Waals surface area contributed by atoms with E-state index < -0.39 is 12.1 Å². The van der Waals surface area contributed by atoms with Crippen molar-refractivity contribution < 1.29 is 9.59 Å². The van der Waals surface area contributed by atoms with Crippen molar-refractivity contribution in [1.29, 1.82) is 0 Å². The van der Waals surface area contributed by atoms with Crippen LogP contribution >= 0.6 is 0 Å². The molecule has 0 aromatic carbocycles. The zero-order chi connectivity index (χ0) is 15.3. The number of hydrogen-bond acceptors (Lipinski definition) is 4. The Morgan fingerprint density at radius 2 is 2.05 bits per heavy atom. The normalized spacial score (nSPS) is 13.7. The number of carbonyl (C=O) groups is 2. The van der Waals surface area contributed by atoms with Gasteiger partial charge in [-0.15, -0.1) is 0 Å². The van der Waals surface area contributed by atoms with Crippen LogP contribution in [0.4, 0.5) is 0 Å². The van der Waals surface area contributed by atoms with Gasteiger partial charge in [-0.25, -0.2) is 0 Å². The van der Waals surface area contributed by atoms with Crippen molar-refractivity contribution in [3.05, 3.63) is 18.0 Å². The summed E-state index contributed by atoms with van der Waals surface area (Å²) in [5.74, 6) is -0.493. The maximum Gasteiger partial charge on any atom is 0.244 e. The lowest BCUT2D eigenvalue weighted by Gasteiger charge is -2.24. The lowest BCUT2D eigenvalue weighted by molar-refractivity contribution is -0.136. The van der Waals surface area contributed by atoms with E-state index in [0.29, 0.717) is 18.7 Å². The Hall–Kier alpha value is -1.89. The van der Waals surface area contributed by atoms with Crippen LogP contribution in [0, 0.1) is 0 Å². The summed E-state index contributed by atoms with van der Waals surface area (Å²) in [6.07, 6.45) is 3.22. The Morgan fingerprint density at radius 1 is 1.45 bits per heavy atom. The first-order chi connectivity index (χ1) is 9.40. The van der Waals surface area contributed by atoms with Crippen molar-refractivity contribution in [1.82, 2.24) is 20.0 Å². The highest BCUT2D eigenvalue weighted by Gasteiger charge is 2.24. The van der Waals surface area contributed by atoms with Crippen molar-refractivity contribution in [2.24, 2.45) is 12.8 Å². The van der Waals surface area contributed by atoms with Gasteiger partial charge in [0.05, 0.1) is 6.20 Å². The molecule has 1 rings (SSSR count). The van der Waals surface area contributed by atoms with Crippen LogP contribution in [0.5, 0.6) is 0 Å². The molecule has 1 aromatic rings. The van der Waals surface area contributed by atoms with Crippen molar-refractivity contribution in [2.75, 3.05) is 13.1 Å². The summed E-state index contributed by atoms with van der Waals surface area (Å²) in [5.41, 5.74) is 6.47. The number of nitrogens with two attached hydrogens (primary N) is 1. The highest BCUT2D eigenvalue weighted by molar-refractivity contribution is 5.89. The van der Waals surface area contributed by atoms with Gasteiger partial charge in [-0.2, -0.15) is 5.10 Å². The minimum absolute atomic E-state index is 0.110. The molecule has 2 unspecified atom stereocenters.